The van der Waals surface area contributed by atoms with E-state index in [1.807, 2.05) is 46.8 Å². The fourth-order valence-electron chi connectivity index (χ4n) is 6.33. The first-order valence-corrected chi connectivity index (χ1v) is 15.4. The monoisotopic (exact) mass is 585 g/mol. The quantitative estimate of drug-likeness (QED) is 0.193. The number of para-hydroxylation sites is 1. The highest BCUT2D eigenvalue weighted by Crippen LogP contribution is 2.40. The first-order chi connectivity index (χ1) is 20.3. The molecule has 1 aromatic heterocycles. The summed E-state index contributed by atoms with van der Waals surface area (Å²) in [7, 11) is 0. The summed E-state index contributed by atoms with van der Waals surface area (Å²) in [6, 6.07) is 24.0. The van der Waals surface area contributed by atoms with Crippen LogP contribution in [0, 0.1) is 5.82 Å². The largest absolute Gasteiger partial charge is 0.460 e. The molecule has 4 aromatic rings. The highest BCUT2D eigenvalue weighted by Gasteiger charge is 2.37. The molecule has 228 valence electrons. The zero-order chi connectivity index (χ0) is 30.9. The van der Waals surface area contributed by atoms with E-state index in [1.54, 1.807) is 0 Å². The molecule has 0 N–H and O–H groups in total. The fraction of sp³-hybridized carbons (Fsp3) is 0.432. The molecule has 0 aliphatic carbocycles. The Kier molecular flexibility index (Phi) is 8.82. The van der Waals surface area contributed by atoms with Crippen molar-refractivity contribution in [1.29, 1.82) is 0 Å². The summed E-state index contributed by atoms with van der Waals surface area (Å²) < 4.78 is 34.1. The maximum Gasteiger partial charge on any atom is 0.308 e. The summed E-state index contributed by atoms with van der Waals surface area (Å²) in [5.41, 5.74) is 6.35. The topological polar surface area (TPSA) is 49.7 Å². The van der Waals surface area contributed by atoms with Gasteiger partial charge in [-0.25, -0.2) is 4.39 Å². The van der Waals surface area contributed by atoms with Gasteiger partial charge in [0.05, 0.1) is 18.6 Å². The molecular weight excluding hydrogens is 541 g/mol. The summed E-state index contributed by atoms with van der Waals surface area (Å²) in [5, 5.41) is 1.22. The number of aromatic nitrogens is 1. The van der Waals surface area contributed by atoms with Crippen LogP contribution in [0.3, 0.4) is 0 Å². The lowest BCUT2D eigenvalue weighted by Gasteiger charge is -2.41. The van der Waals surface area contributed by atoms with E-state index in [9.17, 15) is 9.18 Å². The van der Waals surface area contributed by atoms with Gasteiger partial charge in [0.15, 0.2) is 5.79 Å². The molecule has 1 aliphatic heterocycles. The summed E-state index contributed by atoms with van der Waals surface area (Å²) in [4.78, 5) is 12.6. The Balaban J connectivity index is 1.44. The lowest BCUT2D eigenvalue weighted by molar-refractivity contribution is -0.300. The fourth-order valence-corrected chi connectivity index (χ4v) is 6.33. The molecule has 0 unspecified atom stereocenters. The molecule has 6 heteroatoms. The van der Waals surface area contributed by atoms with Gasteiger partial charge in [0.2, 0.25) is 0 Å². The van der Waals surface area contributed by atoms with Gasteiger partial charge < -0.3 is 18.8 Å². The average Bonchev–Trinajstić information content (AvgIpc) is 3.25. The SMILES string of the molecule is CC(C)n1c(CC[C@@H]2C[C@H](CC(=O)OC(C)(C)C)OC(C)(C)O2)c(-c2ccc(-c3ccc(F)cc3)cc2)c2ccccc21. The maximum atomic E-state index is 13.5. The molecule has 0 saturated carbocycles. The summed E-state index contributed by atoms with van der Waals surface area (Å²) in [5.74, 6) is -1.28. The minimum atomic E-state index is -0.792. The minimum absolute atomic E-state index is 0.0662. The van der Waals surface area contributed by atoms with Crippen LogP contribution < -0.4 is 0 Å². The number of fused-ring (bicyclic) bond motifs is 1. The van der Waals surface area contributed by atoms with Gasteiger partial charge in [-0.3, -0.25) is 4.79 Å². The first kappa shape index (κ1) is 31.0. The van der Waals surface area contributed by atoms with Crippen molar-refractivity contribution in [2.75, 3.05) is 0 Å². The van der Waals surface area contributed by atoms with E-state index in [1.165, 1.54) is 34.3 Å². The number of carbonyl (C=O) groups is 1. The molecule has 2 heterocycles. The van der Waals surface area contributed by atoms with Gasteiger partial charge in [0.1, 0.15) is 11.4 Å². The number of hydrogen-bond acceptors (Lipinski definition) is 4. The second-order valence-corrected chi connectivity index (χ2v) is 13.3. The molecule has 2 atom stereocenters. The second kappa shape index (κ2) is 12.3. The molecular formula is C37H44FNO4. The van der Waals surface area contributed by atoms with E-state index in [4.69, 9.17) is 14.2 Å². The number of nitrogens with zero attached hydrogens (tertiary/aromatic N) is 1. The Morgan fingerprint density at radius 2 is 1.51 bits per heavy atom. The van der Waals surface area contributed by atoms with Crippen molar-refractivity contribution in [2.24, 2.45) is 0 Å². The second-order valence-electron chi connectivity index (χ2n) is 13.3. The molecule has 1 saturated heterocycles. The number of halogens is 1. The molecule has 0 amide bonds. The van der Waals surface area contributed by atoms with Crippen LogP contribution in [0.4, 0.5) is 4.39 Å². The number of benzene rings is 3. The maximum absolute atomic E-state index is 13.5. The van der Waals surface area contributed by atoms with Crippen LogP contribution >= 0.6 is 0 Å². The third kappa shape index (κ3) is 7.36. The highest BCUT2D eigenvalue weighted by atomic mass is 19.1. The number of carbonyl (C=O) groups excluding carboxylic acids is 1. The van der Waals surface area contributed by atoms with Crippen LogP contribution in [-0.2, 0) is 25.4 Å². The van der Waals surface area contributed by atoms with E-state index >= 15 is 0 Å². The van der Waals surface area contributed by atoms with Crippen LogP contribution in [0.2, 0.25) is 0 Å². The number of rotatable bonds is 8. The highest BCUT2D eigenvalue weighted by molar-refractivity contribution is 5.98. The van der Waals surface area contributed by atoms with E-state index in [2.05, 4.69) is 66.9 Å². The third-order valence-corrected chi connectivity index (χ3v) is 7.82. The van der Waals surface area contributed by atoms with Crippen molar-refractivity contribution in [3.63, 3.8) is 0 Å². The van der Waals surface area contributed by atoms with Gasteiger partial charge in [0.25, 0.3) is 0 Å². The molecule has 5 rings (SSSR count). The van der Waals surface area contributed by atoms with Crippen LogP contribution in [0.5, 0.6) is 0 Å². The Bertz CT molecular complexity index is 1560. The van der Waals surface area contributed by atoms with Gasteiger partial charge in [-0.15, -0.1) is 0 Å². The molecule has 0 bridgehead atoms. The number of esters is 1. The van der Waals surface area contributed by atoms with Gasteiger partial charge in [-0.1, -0.05) is 54.6 Å². The molecule has 1 aliphatic rings. The summed E-state index contributed by atoms with van der Waals surface area (Å²) in [6.07, 6.45) is 2.11. The zero-order valence-corrected chi connectivity index (χ0v) is 26.4. The summed E-state index contributed by atoms with van der Waals surface area (Å²) >= 11 is 0. The molecule has 0 radical (unpaired) electrons. The number of hydrogen-bond donors (Lipinski definition) is 0. The van der Waals surface area contributed by atoms with Crippen LogP contribution in [0.1, 0.15) is 79.5 Å². The van der Waals surface area contributed by atoms with Crippen molar-refractivity contribution in [2.45, 2.75) is 104 Å². The first-order valence-electron chi connectivity index (χ1n) is 15.4. The van der Waals surface area contributed by atoms with E-state index < -0.39 is 11.4 Å². The lowest BCUT2D eigenvalue weighted by atomic mass is 9.95. The normalized spacial score (nSPS) is 18.7. The Hall–Kier alpha value is -3.48. The smallest absolute Gasteiger partial charge is 0.308 e. The van der Waals surface area contributed by atoms with Gasteiger partial charge in [0, 0.05) is 34.6 Å². The van der Waals surface area contributed by atoms with Crippen molar-refractivity contribution in [1.82, 2.24) is 4.57 Å². The van der Waals surface area contributed by atoms with Crippen LogP contribution in [-0.4, -0.2) is 34.1 Å². The van der Waals surface area contributed by atoms with Crippen LogP contribution in [0.25, 0.3) is 33.2 Å². The molecule has 0 spiro atoms. The third-order valence-electron chi connectivity index (χ3n) is 7.82. The van der Waals surface area contributed by atoms with Crippen molar-refractivity contribution in [3.05, 3.63) is 84.3 Å². The van der Waals surface area contributed by atoms with E-state index in [0.717, 1.165) is 29.5 Å². The standard InChI is InChI=1S/C37H44FNO4/c1-24(2)39-32-11-9-8-10-31(32)35(27-14-12-25(13-15-27)26-16-18-28(38)19-17-26)33(39)21-20-29-22-30(42-37(6,7)41-29)23-34(40)43-36(3,4)5/h8-19,24,29-30H,20-23H2,1-7H3/t29-,30-/m1/s1. The zero-order valence-electron chi connectivity index (χ0n) is 26.4. The van der Waals surface area contributed by atoms with Gasteiger partial charge in [-0.05, 0) is 96.2 Å². The summed E-state index contributed by atoms with van der Waals surface area (Å²) in [6.45, 7) is 13.9. The average molecular weight is 586 g/mol. The van der Waals surface area contributed by atoms with Crippen molar-refractivity contribution in [3.8, 4) is 22.3 Å². The van der Waals surface area contributed by atoms with Crippen molar-refractivity contribution >= 4 is 16.9 Å². The van der Waals surface area contributed by atoms with E-state index in [-0.39, 0.29) is 36.5 Å². The molecule has 43 heavy (non-hydrogen) atoms. The van der Waals surface area contributed by atoms with Gasteiger partial charge in [-0.2, -0.15) is 0 Å². The predicted octanol–water partition coefficient (Wildman–Crippen LogP) is 9.27. The van der Waals surface area contributed by atoms with E-state index in [0.29, 0.717) is 6.42 Å². The molecule has 1 fully saturated rings. The minimum Gasteiger partial charge on any atom is -0.460 e. The van der Waals surface area contributed by atoms with Crippen LogP contribution in [0.15, 0.2) is 72.8 Å². The Morgan fingerprint density at radius 1 is 0.930 bits per heavy atom. The Morgan fingerprint density at radius 3 is 2.14 bits per heavy atom. The molecule has 3 aromatic carbocycles. The lowest BCUT2D eigenvalue weighted by Crippen LogP contribution is -2.45. The molecule has 5 nitrogen and oxygen atoms in total. The van der Waals surface area contributed by atoms with Crippen molar-refractivity contribution < 1.29 is 23.4 Å². The predicted molar refractivity (Wildman–Crippen MR) is 170 cm³/mol. The van der Waals surface area contributed by atoms with Gasteiger partial charge >= 0.3 is 5.97 Å². The number of ether oxygens (including phenoxy) is 3. The Labute approximate surface area is 255 Å².